The van der Waals surface area contributed by atoms with Gasteiger partial charge in [0.25, 0.3) is 5.56 Å². The smallest absolute Gasteiger partial charge is 0.349 e. The van der Waals surface area contributed by atoms with Gasteiger partial charge in [-0.05, 0) is 12.8 Å². The molecule has 0 aliphatic carbocycles. The second kappa shape index (κ2) is 5.72. The van der Waals surface area contributed by atoms with Gasteiger partial charge in [0.1, 0.15) is 0 Å². The van der Waals surface area contributed by atoms with Gasteiger partial charge < -0.3 is 14.8 Å². The van der Waals surface area contributed by atoms with Crippen molar-refractivity contribution in [1.82, 2.24) is 19.5 Å². The summed E-state index contributed by atoms with van der Waals surface area (Å²) < 4.78 is 1.63. The summed E-state index contributed by atoms with van der Waals surface area (Å²) in [5.74, 6) is 0.217. The summed E-state index contributed by atoms with van der Waals surface area (Å²) in [5, 5.41) is 18.0. The Labute approximate surface area is 107 Å². The van der Waals surface area contributed by atoms with E-state index < -0.39 is 17.4 Å². The highest BCUT2D eigenvalue weighted by Crippen LogP contribution is 2.10. The van der Waals surface area contributed by atoms with Gasteiger partial charge in [-0.3, -0.25) is 9.78 Å². The van der Waals surface area contributed by atoms with Crippen molar-refractivity contribution in [3.05, 3.63) is 33.2 Å². The van der Waals surface area contributed by atoms with E-state index in [9.17, 15) is 14.7 Å². The first-order valence-corrected chi connectivity index (χ1v) is 5.86. The van der Waals surface area contributed by atoms with Gasteiger partial charge in [-0.1, -0.05) is 0 Å². The number of rotatable bonds is 5. The van der Waals surface area contributed by atoms with Gasteiger partial charge in [-0.2, -0.15) is 4.98 Å². The molecule has 2 aliphatic rings. The lowest BCUT2D eigenvalue weighted by atomic mass is 10.2. The maximum Gasteiger partial charge on any atom is 0.349 e. The summed E-state index contributed by atoms with van der Waals surface area (Å²) in [6.07, 6.45) is 3.29. The van der Waals surface area contributed by atoms with Crippen LogP contribution in [0.1, 0.15) is 12.8 Å². The SMILES string of the molecule is O=c1nc2n(CCCC(O)CO)ccnc-2c(=O)[nH]1. The highest BCUT2D eigenvalue weighted by atomic mass is 16.3. The molecular formula is C11H14N4O4. The number of aryl methyl sites for hydroxylation is 1. The fraction of sp³-hybridized carbons (Fsp3) is 0.455. The van der Waals surface area contributed by atoms with Crippen molar-refractivity contribution in [2.45, 2.75) is 25.5 Å². The zero-order chi connectivity index (χ0) is 13.8. The van der Waals surface area contributed by atoms with E-state index in [1.165, 1.54) is 6.20 Å². The molecule has 0 aromatic rings. The molecule has 0 spiro atoms. The Hall–Kier alpha value is -2.06. The maximum absolute atomic E-state index is 11.5. The molecule has 0 radical (unpaired) electrons. The zero-order valence-corrected chi connectivity index (χ0v) is 10.1. The minimum Gasteiger partial charge on any atom is -0.394 e. The van der Waals surface area contributed by atoms with Gasteiger partial charge in [0.15, 0.2) is 11.5 Å². The number of aromatic amines is 1. The highest BCUT2D eigenvalue weighted by Gasteiger charge is 2.14. The largest absolute Gasteiger partial charge is 0.394 e. The zero-order valence-electron chi connectivity index (χ0n) is 10.1. The molecule has 0 fully saturated rings. The monoisotopic (exact) mass is 266 g/mol. The molecule has 0 aromatic carbocycles. The Balaban J connectivity index is 2.24. The molecule has 8 nitrogen and oxygen atoms in total. The van der Waals surface area contributed by atoms with Gasteiger partial charge in [-0.15, -0.1) is 0 Å². The normalized spacial score (nSPS) is 12.7. The lowest BCUT2D eigenvalue weighted by Crippen LogP contribution is -2.28. The molecule has 0 bridgehead atoms. The molecule has 0 saturated carbocycles. The van der Waals surface area contributed by atoms with Crippen molar-refractivity contribution in [1.29, 1.82) is 0 Å². The number of fused-ring (bicyclic) bond motifs is 1. The third-order valence-corrected chi connectivity index (χ3v) is 2.72. The molecule has 0 amide bonds. The molecule has 0 saturated heterocycles. The molecule has 2 aliphatic heterocycles. The number of aliphatic hydroxyl groups excluding tert-OH is 2. The Bertz CT molecular complexity index is 635. The molecule has 2 heterocycles. The van der Waals surface area contributed by atoms with Gasteiger partial charge in [0, 0.05) is 18.9 Å². The molecule has 1 atom stereocenters. The lowest BCUT2D eigenvalue weighted by molar-refractivity contribution is 0.0856. The van der Waals surface area contributed by atoms with Crippen LogP contribution in [0.25, 0.3) is 11.5 Å². The van der Waals surface area contributed by atoms with Crippen LogP contribution in [-0.2, 0) is 6.54 Å². The summed E-state index contributed by atoms with van der Waals surface area (Å²) in [6, 6.07) is 0. The predicted molar refractivity (Wildman–Crippen MR) is 65.9 cm³/mol. The third kappa shape index (κ3) is 3.04. The molecule has 2 rings (SSSR count). The van der Waals surface area contributed by atoms with Crippen LogP contribution in [0.15, 0.2) is 22.0 Å². The number of aromatic nitrogens is 4. The molecule has 3 N–H and O–H groups in total. The predicted octanol–water partition coefficient (Wildman–Crippen LogP) is -1.44. The average molecular weight is 266 g/mol. The lowest BCUT2D eigenvalue weighted by Gasteiger charge is -2.13. The van der Waals surface area contributed by atoms with E-state index >= 15 is 0 Å². The van der Waals surface area contributed by atoms with Crippen LogP contribution >= 0.6 is 0 Å². The van der Waals surface area contributed by atoms with Gasteiger partial charge >= 0.3 is 5.69 Å². The molecule has 1 unspecified atom stereocenters. The van der Waals surface area contributed by atoms with Crippen LogP contribution in [0, 0.1) is 0 Å². The van der Waals surface area contributed by atoms with Crippen LogP contribution in [0.2, 0.25) is 0 Å². The number of aliphatic hydroxyl groups is 2. The Morgan fingerprint density at radius 1 is 1.42 bits per heavy atom. The number of hydrogen-bond acceptors (Lipinski definition) is 6. The van der Waals surface area contributed by atoms with Crippen molar-refractivity contribution in [2.24, 2.45) is 0 Å². The highest BCUT2D eigenvalue weighted by molar-refractivity contribution is 5.47. The molecule has 102 valence electrons. The van der Waals surface area contributed by atoms with E-state index in [0.717, 1.165) is 0 Å². The fourth-order valence-corrected chi connectivity index (χ4v) is 1.78. The molecule has 8 heteroatoms. The van der Waals surface area contributed by atoms with E-state index in [1.54, 1.807) is 10.8 Å². The van der Waals surface area contributed by atoms with Crippen molar-refractivity contribution in [3.63, 3.8) is 0 Å². The Morgan fingerprint density at radius 3 is 2.95 bits per heavy atom. The summed E-state index contributed by atoms with van der Waals surface area (Å²) in [5.41, 5.74) is -1.18. The topological polar surface area (TPSA) is 121 Å². The first-order chi connectivity index (χ1) is 9.11. The van der Waals surface area contributed by atoms with Crippen LogP contribution in [0.3, 0.4) is 0 Å². The van der Waals surface area contributed by atoms with E-state index in [4.69, 9.17) is 5.11 Å². The quantitative estimate of drug-likeness (QED) is 0.609. The third-order valence-electron chi connectivity index (χ3n) is 2.72. The van der Waals surface area contributed by atoms with Gasteiger partial charge in [0.2, 0.25) is 0 Å². The molecular weight excluding hydrogens is 252 g/mol. The second-order valence-electron chi connectivity index (χ2n) is 4.14. The van der Waals surface area contributed by atoms with E-state index in [-0.39, 0.29) is 18.1 Å². The van der Waals surface area contributed by atoms with Crippen LogP contribution in [-0.4, -0.2) is 42.4 Å². The second-order valence-corrected chi connectivity index (χ2v) is 4.14. The van der Waals surface area contributed by atoms with Crippen molar-refractivity contribution >= 4 is 0 Å². The van der Waals surface area contributed by atoms with Gasteiger partial charge in [-0.25, -0.2) is 9.78 Å². The average Bonchev–Trinajstić information content (AvgIpc) is 2.39. The number of hydrogen-bond donors (Lipinski definition) is 3. The van der Waals surface area contributed by atoms with Crippen LogP contribution < -0.4 is 11.2 Å². The van der Waals surface area contributed by atoms with Gasteiger partial charge in [0.05, 0.1) is 12.7 Å². The number of nitrogens with zero attached hydrogens (tertiary/aromatic N) is 3. The first-order valence-electron chi connectivity index (χ1n) is 5.86. The van der Waals surface area contributed by atoms with Crippen LogP contribution in [0.5, 0.6) is 0 Å². The standard InChI is InChI=1S/C11H14N4O4/c16-6-7(17)2-1-4-15-5-3-12-8-9(15)13-11(19)14-10(8)18/h3,5,7,16-17H,1-2,4,6H2,(H,14,18,19). The van der Waals surface area contributed by atoms with Crippen molar-refractivity contribution in [3.8, 4) is 11.5 Å². The maximum atomic E-state index is 11.5. The van der Waals surface area contributed by atoms with E-state index in [0.29, 0.717) is 19.4 Å². The number of H-pyrrole nitrogens is 1. The molecule has 0 aromatic heterocycles. The van der Waals surface area contributed by atoms with Crippen LogP contribution in [0.4, 0.5) is 0 Å². The fourth-order valence-electron chi connectivity index (χ4n) is 1.78. The van der Waals surface area contributed by atoms with Crippen molar-refractivity contribution < 1.29 is 10.2 Å². The van der Waals surface area contributed by atoms with E-state index in [2.05, 4.69) is 15.0 Å². The minimum atomic E-state index is -0.764. The Kier molecular flexibility index (Phi) is 4.03. The Morgan fingerprint density at radius 2 is 2.21 bits per heavy atom. The first kappa shape index (κ1) is 13.4. The minimum absolute atomic E-state index is 0.102. The summed E-state index contributed by atoms with van der Waals surface area (Å²) in [4.78, 5) is 32.4. The van der Waals surface area contributed by atoms with Crippen molar-refractivity contribution in [2.75, 3.05) is 6.61 Å². The summed E-state index contributed by atoms with van der Waals surface area (Å²) >= 11 is 0. The summed E-state index contributed by atoms with van der Waals surface area (Å²) in [7, 11) is 0. The molecule has 19 heavy (non-hydrogen) atoms. The number of nitrogens with one attached hydrogen (secondary N) is 1. The summed E-state index contributed by atoms with van der Waals surface area (Å²) in [6.45, 7) is 0.177. The van der Waals surface area contributed by atoms with E-state index in [1.807, 2.05) is 0 Å².